The van der Waals surface area contributed by atoms with Gasteiger partial charge in [0.15, 0.2) is 5.65 Å². The third-order valence-electron chi connectivity index (χ3n) is 5.66. The number of aromatic amines is 1. The number of nitrogens with one attached hydrogen (secondary N) is 1. The number of hydrogen-bond donors (Lipinski definition) is 1. The smallest absolute Gasteiger partial charge is 0.266 e. The minimum atomic E-state index is -0.183. The van der Waals surface area contributed by atoms with Gasteiger partial charge in [0.25, 0.3) is 5.56 Å². The molecule has 2 amide bonds. The van der Waals surface area contributed by atoms with Gasteiger partial charge in [0, 0.05) is 56.0 Å². The maximum Gasteiger partial charge on any atom is 0.266 e. The minimum Gasteiger partial charge on any atom is -0.339 e. The Bertz CT molecular complexity index is 948. The summed E-state index contributed by atoms with van der Waals surface area (Å²) in [4.78, 5) is 44.5. The van der Waals surface area contributed by atoms with Gasteiger partial charge in [-0.15, -0.1) is 0 Å². The van der Waals surface area contributed by atoms with Gasteiger partial charge in [0.05, 0.1) is 0 Å². The zero-order chi connectivity index (χ0) is 19.1. The summed E-state index contributed by atoms with van der Waals surface area (Å²) in [5.41, 5.74) is 3.16. The quantitative estimate of drug-likeness (QED) is 0.854. The average Bonchev–Trinajstić information content (AvgIpc) is 3.43. The molecule has 0 atom stereocenters. The number of H-pyrrole nitrogens is 1. The summed E-state index contributed by atoms with van der Waals surface area (Å²) in [7, 11) is 0. The van der Waals surface area contributed by atoms with Gasteiger partial charge in [0.1, 0.15) is 0 Å². The number of fused-ring (bicyclic) bond motifs is 1. The van der Waals surface area contributed by atoms with Gasteiger partial charge < -0.3 is 9.80 Å². The number of amides is 2. The van der Waals surface area contributed by atoms with Gasteiger partial charge in [-0.05, 0) is 38.7 Å². The molecule has 1 saturated heterocycles. The third-order valence-corrected chi connectivity index (χ3v) is 5.66. The number of carbonyl (C=O) groups excluding carboxylic acids is 2. The first-order valence-electron chi connectivity index (χ1n) is 9.58. The Morgan fingerprint density at radius 2 is 1.81 bits per heavy atom. The topological polar surface area (TPSA) is 90.8 Å². The first kappa shape index (κ1) is 17.8. The van der Waals surface area contributed by atoms with Crippen molar-refractivity contribution in [2.45, 2.75) is 39.5 Å². The fraction of sp³-hybridized carbons (Fsp3) is 0.579. The second-order valence-electron chi connectivity index (χ2n) is 7.56. The SMILES string of the molecule is Cc1nc2cc(=O)[nH]n2c(C)c1CCC(=O)N1CCN(C(=O)C2CC2)CC1. The van der Waals surface area contributed by atoms with Crippen LogP contribution in [0.1, 0.15) is 36.2 Å². The van der Waals surface area contributed by atoms with E-state index in [9.17, 15) is 14.4 Å². The molecule has 3 heterocycles. The maximum atomic E-state index is 12.6. The lowest BCUT2D eigenvalue weighted by molar-refractivity contribution is -0.140. The summed E-state index contributed by atoms with van der Waals surface area (Å²) < 4.78 is 1.68. The number of carbonyl (C=O) groups is 2. The van der Waals surface area contributed by atoms with Gasteiger partial charge in [0.2, 0.25) is 11.8 Å². The number of rotatable bonds is 4. The molecule has 2 aromatic heterocycles. The van der Waals surface area contributed by atoms with E-state index < -0.39 is 0 Å². The van der Waals surface area contributed by atoms with Gasteiger partial charge in [-0.25, -0.2) is 9.50 Å². The molecule has 1 aliphatic heterocycles. The Labute approximate surface area is 157 Å². The lowest BCUT2D eigenvalue weighted by Crippen LogP contribution is -2.51. The molecule has 27 heavy (non-hydrogen) atoms. The van der Waals surface area contributed by atoms with E-state index in [2.05, 4.69) is 10.1 Å². The van der Waals surface area contributed by atoms with E-state index >= 15 is 0 Å². The fourth-order valence-electron chi connectivity index (χ4n) is 3.87. The zero-order valence-electron chi connectivity index (χ0n) is 15.8. The van der Waals surface area contributed by atoms with Crippen molar-refractivity contribution in [3.05, 3.63) is 33.4 Å². The van der Waals surface area contributed by atoms with Crippen molar-refractivity contribution < 1.29 is 9.59 Å². The van der Waals surface area contributed by atoms with Crippen LogP contribution in [-0.4, -0.2) is 62.4 Å². The molecular weight excluding hydrogens is 346 g/mol. The molecule has 2 aliphatic rings. The molecule has 0 radical (unpaired) electrons. The van der Waals surface area contributed by atoms with Crippen LogP contribution in [0.25, 0.3) is 5.65 Å². The van der Waals surface area contributed by atoms with E-state index in [-0.39, 0.29) is 23.3 Å². The first-order valence-corrected chi connectivity index (χ1v) is 9.58. The standard InChI is InChI=1S/C19H25N5O3/c1-12-15(13(2)24-16(20-12)11-17(25)21-24)5-6-18(26)22-7-9-23(10-8-22)19(27)14-3-4-14/h11,14H,3-10H2,1-2H3,(H,21,25). The highest BCUT2D eigenvalue weighted by Crippen LogP contribution is 2.31. The Morgan fingerprint density at radius 1 is 1.15 bits per heavy atom. The number of aryl methyl sites for hydroxylation is 2. The lowest BCUT2D eigenvalue weighted by atomic mass is 10.1. The molecule has 2 aromatic rings. The normalized spacial score (nSPS) is 17.6. The van der Waals surface area contributed by atoms with Gasteiger partial charge in [-0.1, -0.05) is 0 Å². The summed E-state index contributed by atoms with van der Waals surface area (Å²) in [6.45, 7) is 6.33. The molecule has 0 spiro atoms. The summed E-state index contributed by atoms with van der Waals surface area (Å²) in [5, 5.41) is 2.74. The molecule has 4 rings (SSSR count). The van der Waals surface area contributed by atoms with Crippen molar-refractivity contribution >= 4 is 17.5 Å². The molecule has 0 unspecified atom stereocenters. The van der Waals surface area contributed by atoms with E-state index in [4.69, 9.17) is 0 Å². The van der Waals surface area contributed by atoms with Gasteiger partial charge >= 0.3 is 0 Å². The van der Waals surface area contributed by atoms with Crippen LogP contribution in [0.4, 0.5) is 0 Å². The molecule has 144 valence electrons. The van der Waals surface area contributed by atoms with Crippen LogP contribution >= 0.6 is 0 Å². The minimum absolute atomic E-state index is 0.105. The third kappa shape index (κ3) is 3.48. The second-order valence-corrected chi connectivity index (χ2v) is 7.56. The summed E-state index contributed by atoms with van der Waals surface area (Å²) >= 11 is 0. The average molecular weight is 371 g/mol. The molecule has 1 saturated carbocycles. The van der Waals surface area contributed by atoms with Crippen molar-refractivity contribution in [1.82, 2.24) is 24.4 Å². The molecule has 8 heteroatoms. The molecule has 1 aliphatic carbocycles. The predicted molar refractivity (Wildman–Crippen MR) is 99.5 cm³/mol. The van der Waals surface area contributed by atoms with Crippen LogP contribution in [0.15, 0.2) is 10.9 Å². The monoisotopic (exact) mass is 371 g/mol. The van der Waals surface area contributed by atoms with Crippen molar-refractivity contribution in [3.8, 4) is 0 Å². The largest absolute Gasteiger partial charge is 0.339 e. The van der Waals surface area contributed by atoms with Gasteiger partial charge in [-0.3, -0.25) is 19.5 Å². The van der Waals surface area contributed by atoms with Crippen LogP contribution in [0.5, 0.6) is 0 Å². The van der Waals surface area contributed by atoms with Crippen LogP contribution in [0.3, 0.4) is 0 Å². The van der Waals surface area contributed by atoms with Crippen molar-refractivity contribution in [2.75, 3.05) is 26.2 Å². The summed E-state index contributed by atoms with van der Waals surface area (Å²) in [6.07, 6.45) is 3.02. The lowest BCUT2D eigenvalue weighted by Gasteiger charge is -2.35. The molecule has 8 nitrogen and oxygen atoms in total. The van der Waals surface area contributed by atoms with Crippen molar-refractivity contribution in [2.24, 2.45) is 5.92 Å². The first-order chi connectivity index (χ1) is 12.9. The van der Waals surface area contributed by atoms with Crippen LogP contribution in [-0.2, 0) is 16.0 Å². The van der Waals surface area contributed by atoms with E-state index in [0.717, 1.165) is 29.8 Å². The van der Waals surface area contributed by atoms with Crippen LogP contribution < -0.4 is 5.56 Å². The predicted octanol–water partition coefficient (Wildman–Crippen LogP) is 0.653. The van der Waals surface area contributed by atoms with Crippen LogP contribution in [0.2, 0.25) is 0 Å². The number of hydrogen-bond acceptors (Lipinski definition) is 4. The van der Waals surface area contributed by atoms with Crippen molar-refractivity contribution in [3.63, 3.8) is 0 Å². The van der Waals surface area contributed by atoms with E-state index in [1.165, 1.54) is 6.07 Å². The van der Waals surface area contributed by atoms with E-state index in [0.29, 0.717) is 44.7 Å². The summed E-state index contributed by atoms with van der Waals surface area (Å²) in [6, 6.07) is 1.47. The van der Waals surface area contributed by atoms with Crippen molar-refractivity contribution in [1.29, 1.82) is 0 Å². The second kappa shape index (κ2) is 6.83. The number of piperazine rings is 1. The molecular formula is C19H25N5O3. The molecule has 0 aromatic carbocycles. The Kier molecular flexibility index (Phi) is 4.49. The van der Waals surface area contributed by atoms with Gasteiger partial charge in [-0.2, -0.15) is 0 Å². The van der Waals surface area contributed by atoms with E-state index in [1.807, 2.05) is 23.6 Å². The highest BCUT2D eigenvalue weighted by molar-refractivity contribution is 5.82. The summed E-state index contributed by atoms with van der Waals surface area (Å²) in [5.74, 6) is 0.600. The number of nitrogens with zero attached hydrogens (tertiary/aromatic N) is 4. The number of aromatic nitrogens is 3. The maximum absolute atomic E-state index is 12.6. The highest BCUT2D eigenvalue weighted by atomic mass is 16.2. The Hall–Kier alpha value is -2.64. The van der Waals surface area contributed by atoms with E-state index in [1.54, 1.807) is 4.52 Å². The molecule has 0 bridgehead atoms. The zero-order valence-corrected chi connectivity index (χ0v) is 15.8. The Morgan fingerprint density at radius 3 is 2.48 bits per heavy atom. The fourth-order valence-corrected chi connectivity index (χ4v) is 3.87. The Balaban J connectivity index is 1.37. The molecule has 2 fully saturated rings. The highest BCUT2D eigenvalue weighted by Gasteiger charge is 2.35. The molecule has 1 N–H and O–H groups in total. The van der Waals surface area contributed by atoms with Crippen LogP contribution in [0, 0.1) is 19.8 Å².